The summed E-state index contributed by atoms with van der Waals surface area (Å²) >= 11 is 0. The highest BCUT2D eigenvalue weighted by molar-refractivity contribution is 7.92. The van der Waals surface area contributed by atoms with Gasteiger partial charge in [0.25, 0.3) is 5.91 Å². The first-order valence-electron chi connectivity index (χ1n) is 8.79. The van der Waals surface area contributed by atoms with E-state index in [-0.39, 0.29) is 6.04 Å². The van der Waals surface area contributed by atoms with E-state index in [2.05, 4.69) is 19.2 Å². The fraction of sp³-hybridized carbons (Fsp3) is 0.588. The Hall–Kier alpha value is -1.87. The number of aryl methyl sites for hydroxylation is 1. The van der Waals surface area contributed by atoms with Crippen LogP contribution in [0.25, 0.3) is 0 Å². The van der Waals surface area contributed by atoms with Gasteiger partial charge in [-0.3, -0.25) is 4.79 Å². The molecule has 2 aliphatic rings. The number of rotatable bonds is 5. The zero-order valence-electron chi connectivity index (χ0n) is 14.9. The Labute approximate surface area is 152 Å². The largest absolute Gasteiger partial charge is 0.506 e. The molecule has 1 amide bonds. The van der Waals surface area contributed by atoms with Gasteiger partial charge < -0.3 is 10.4 Å². The number of benzene rings is 1. The molecule has 0 unspecified atom stereocenters. The van der Waals surface area contributed by atoms with E-state index in [0.717, 1.165) is 19.4 Å². The van der Waals surface area contributed by atoms with E-state index in [1.165, 1.54) is 6.07 Å². The van der Waals surface area contributed by atoms with Crippen LogP contribution < -0.4 is 14.3 Å². The first kappa shape index (κ1) is 18.9. The van der Waals surface area contributed by atoms with Crippen molar-refractivity contribution in [3.8, 4) is 5.75 Å². The highest BCUT2D eigenvalue weighted by atomic mass is 32.2. The molecule has 7 nitrogen and oxygen atoms in total. The topological polar surface area (TPSA) is 98.7 Å². The summed E-state index contributed by atoms with van der Waals surface area (Å²) in [6.45, 7) is 4.57. The van der Waals surface area contributed by atoms with Crippen molar-refractivity contribution in [2.75, 3.05) is 17.4 Å². The number of amides is 1. The molecule has 1 aromatic rings. The molecule has 144 valence electrons. The van der Waals surface area contributed by atoms with Crippen LogP contribution in [0.3, 0.4) is 0 Å². The van der Waals surface area contributed by atoms with Gasteiger partial charge in [-0.1, -0.05) is 13.8 Å². The van der Waals surface area contributed by atoms with Crippen molar-refractivity contribution in [3.05, 3.63) is 23.0 Å². The number of hydrogen-bond acceptors (Lipinski definition) is 5. The third-order valence-electron chi connectivity index (χ3n) is 4.85. The van der Waals surface area contributed by atoms with Gasteiger partial charge in [0, 0.05) is 6.04 Å². The second-order valence-electron chi connectivity index (χ2n) is 7.31. The number of nitrogens with one attached hydrogen (secondary N) is 2. The molecule has 1 heterocycles. The second-order valence-corrected chi connectivity index (χ2v) is 8.90. The van der Waals surface area contributed by atoms with Crippen LogP contribution in [0.2, 0.25) is 0 Å². The first-order valence-corrected chi connectivity index (χ1v) is 10.2. The smallest absolute Gasteiger partial charge is 0.326 e. The zero-order chi connectivity index (χ0) is 19.1. The number of carbonyl (C=O) groups excluding carboxylic acids is 1. The van der Waals surface area contributed by atoms with Gasteiger partial charge in [-0.05, 0) is 55.3 Å². The highest BCUT2D eigenvalue weighted by Gasteiger charge is 2.39. The van der Waals surface area contributed by atoms with Gasteiger partial charge in [0.2, 0.25) is 0 Å². The van der Waals surface area contributed by atoms with E-state index in [1.54, 1.807) is 4.72 Å². The van der Waals surface area contributed by atoms with Crippen molar-refractivity contribution in [3.63, 3.8) is 0 Å². The maximum atomic E-state index is 15.1. The lowest BCUT2D eigenvalue weighted by molar-refractivity contribution is -0.117. The predicted octanol–water partition coefficient (Wildman–Crippen LogP) is 1.21. The van der Waals surface area contributed by atoms with E-state index < -0.39 is 39.9 Å². The molecule has 0 bridgehead atoms. The van der Waals surface area contributed by atoms with Crippen molar-refractivity contribution < 1.29 is 22.7 Å². The van der Waals surface area contributed by atoms with Crippen LogP contribution >= 0.6 is 0 Å². The highest BCUT2D eigenvalue weighted by Crippen LogP contribution is 2.39. The number of phenols is 1. The van der Waals surface area contributed by atoms with Gasteiger partial charge in [-0.15, -0.1) is 0 Å². The van der Waals surface area contributed by atoms with Gasteiger partial charge in [0.15, 0.2) is 5.82 Å². The Kier molecular flexibility index (Phi) is 5.12. The van der Waals surface area contributed by atoms with Crippen LogP contribution in [0.5, 0.6) is 5.75 Å². The Morgan fingerprint density at radius 2 is 2.19 bits per heavy atom. The number of carbonyl (C=O) groups is 1. The fourth-order valence-electron chi connectivity index (χ4n) is 3.47. The predicted molar refractivity (Wildman–Crippen MR) is 95.7 cm³/mol. The van der Waals surface area contributed by atoms with Crippen LogP contribution in [0.15, 0.2) is 6.07 Å². The molecule has 26 heavy (non-hydrogen) atoms. The molecule has 0 aromatic heterocycles. The fourth-order valence-corrected chi connectivity index (χ4v) is 4.64. The van der Waals surface area contributed by atoms with E-state index >= 15 is 4.39 Å². The SMILES string of the molecule is CC(C)CCN[C@@H]1CCc2cc(O)c(N3CC(=O)NS3(=O)=O)c(F)c2C1. The summed E-state index contributed by atoms with van der Waals surface area (Å²) < 4.78 is 41.6. The number of anilines is 1. The lowest BCUT2D eigenvalue weighted by Gasteiger charge is -2.28. The molecule has 0 saturated carbocycles. The van der Waals surface area contributed by atoms with Gasteiger partial charge in [-0.25, -0.2) is 13.4 Å². The van der Waals surface area contributed by atoms with E-state index in [9.17, 15) is 18.3 Å². The molecule has 3 rings (SSSR count). The Balaban J connectivity index is 1.88. The van der Waals surface area contributed by atoms with Crippen LogP contribution in [0.1, 0.15) is 37.8 Å². The Morgan fingerprint density at radius 1 is 1.46 bits per heavy atom. The van der Waals surface area contributed by atoms with Crippen molar-refractivity contribution in [1.82, 2.24) is 10.0 Å². The van der Waals surface area contributed by atoms with E-state index in [4.69, 9.17) is 0 Å². The normalized spacial score (nSPS) is 21.8. The summed E-state index contributed by atoms with van der Waals surface area (Å²) in [6.07, 6.45) is 2.86. The molecule has 9 heteroatoms. The van der Waals surface area contributed by atoms with Gasteiger partial charge >= 0.3 is 10.2 Å². The summed E-state index contributed by atoms with van der Waals surface area (Å²) in [6, 6.07) is 1.51. The lowest BCUT2D eigenvalue weighted by atomic mass is 9.87. The van der Waals surface area contributed by atoms with Crippen LogP contribution in [-0.2, 0) is 27.8 Å². The van der Waals surface area contributed by atoms with Gasteiger partial charge in [-0.2, -0.15) is 8.42 Å². The molecule has 1 aromatic carbocycles. The molecular weight excluding hydrogens is 361 g/mol. The summed E-state index contributed by atoms with van der Waals surface area (Å²) in [5.41, 5.74) is 0.632. The van der Waals surface area contributed by atoms with Gasteiger partial charge in [0.1, 0.15) is 18.0 Å². The van der Waals surface area contributed by atoms with E-state index in [1.807, 2.05) is 0 Å². The third-order valence-corrected chi connectivity index (χ3v) is 6.23. The number of fused-ring (bicyclic) bond motifs is 1. The summed E-state index contributed by atoms with van der Waals surface area (Å²) in [5, 5.41) is 13.6. The molecule has 1 aliphatic heterocycles. The average molecular weight is 385 g/mol. The summed E-state index contributed by atoms with van der Waals surface area (Å²) in [7, 11) is -4.18. The van der Waals surface area contributed by atoms with Gasteiger partial charge in [0.05, 0.1) is 0 Å². The Morgan fingerprint density at radius 3 is 2.81 bits per heavy atom. The minimum atomic E-state index is -4.18. The number of hydrogen-bond donors (Lipinski definition) is 3. The molecule has 1 saturated heterocycles. The molecule has 1 atom stereocenters. The van der Waals surface area contributed by atoms with Crippen LogP contribution in [-0.4, -0.2) is 38.6 Å². The average Bonchev–Trinajstić information content (AvgIpc) is 2.80. The zero-order valence-corrected chi connectivity index (χ0v) is 15.7. The minimum absolute atomic E-state index is 0.100. The first-order chi connectivity index (χ1) is 12.2. The molecule has 0 radical (unpaired) electrons. The van der Waals surface area contributed by atoms with Crippen LogP contribution in [0.4, 0.5) is 10.1 Å². The number of nitrogens with zero attached hydrogens (tertiary/aromatic N) is 1. The Bertz CT molecular complexity index is 826. The lowest BCUT2D eigenvalue weighted by Crippen LogP contribution is -2.36. The maximum Gasteiger partial charge on any atom is 0.326 e. The van der Waals surface area contributed by atoms with E-state index in [0.29, 0.717) is 34.2 Å². The number of halogens is 1. The number of phenolic OH excluding ortho intramolecular Hbond substituents is 1. The molecule has 3 N–H and O–H groups in total. The minimum Gasteiger partial charge on any atom is -0.506 e. The summed E-state index contributed by atoms with van der Waals surface area (Å²) in [4.78, 5) is 11.4. The van der Waals surface area contributed by atoms with Crippen LogP contribution in [0, 0.1) is 11.7 Å². The van der Waals surface area contributed by atoms with Crippen molar-refractivity contribution in [1.29, 1.82) is 0 Å². The monoisotopic (exact) mass is 385 g/mol. The molecule has 0 spiro atoms. The maximum absolute atomic E-state index is 15.1. The number of aromatic hydroxyl groups is 1. The standard InChI is InChI=1S/C17H24FN3O4S/c1-10(2)5-6-19-12-4-3-11-7-14(22)17(16(18)13(11)8-12)21-9-15(23)20-26(21,24)25/h7,10,12,19,22H,3-6,8-9H2,1-2H3,(H,20,23)/t12-/m1/s1. The quantitative estimate of drug-likeness (QED) is 0.708. The summed E-state index contributed by atoms with van der Waals surface area (Å²) in [5.74, 6) is -1.42. The second kappa shape index (κ2) is 7.03. The molecular formula is C17H24FN3O4S. The van der Waals surface area contributed by atoms with Crippen molar-refractivity contribution >= 4 is 21.8 Å². The molecule has 1 aliphatic carbocycles. The van der Waals surface area contributed by atoms with Crippen molar-refractivity contribution in [2.45, 2.75) is 45.6 Å². The van der Waals surface area contributed by atoms with Crippen molar-refractivity contribution in [2.24, 2.45) is 5.92 Å². The molecule has 1 fully saturated rings. The third kappa shape index (κ3) is 3.64.